The summed E-state index contributed by atoms with van der Waals surface area (Å²) in [6.45, 7) is 0. The van der Waals surface area contributed by atoms with Crippen molar-refractivity contribution in [1.82, 2.24) is 0 Å². The molecule has 25 heavy (non-hydrogen) atoms. The van der Waals surface area contributed by atoms with Crippen molar-refractivity contribution in [1.29, 1.82) is 0 Å². The van der Waals surface area contributed by atoms with Crippen LogP contribution in [0.2, 0.25) is 10.0 Å². The molecule has 0 atom stereocenters. The Kier molecular flexibility index (Phi) is 3.03. The molecule has 5 rings (SSSR count). The Bertz CT molecular complexity index is 1060. The number of carbonyl (C=O) groups excluding carboxylic acids is 2. The summed E-state index contributed by atoms with van der Waals surface area (Å²) in [5.41, 5.74) is 3.95. The summed E-state index contributed by atoms with van der Waals surface area (Å²) in [6.07, 6.45) is 1.91. The maximum absolute atomic E-state index is 13.1. The monoisotopic (exact) mass is 367 g/mol. The van der Waals surface area contributed by atoms with Crippen molar-refractivity contribution in [3.05, 3.63) is 74.8 Å². The number of anilines is 1. The molecule has 0 bridgehead atoms. The van der Waals surface area contributed by atoms with Gasteiger partial charge in [-0.3, -0.25) is 9.59 Å². The lowest BCUT2D eigenvalue weighted by atomic mass is 9.91. The molecule has 2 aliphatic rings. The topological polar surface area (TPSA) is 37.4 Å². The third-order valence-corrected chi connectivity index (χ3v) is 5.76. The van der Waals surface area contributed by atoms with Crippen LogP contribution in [0, 0.1) is 0 Å². The Morgan fingerprint density at radius 1 is 0.720 bits per heavy atom. The Hall–Kier alpha value is -2.36. The minimum atomic E-state index is -0.327. The second-order valence-corrected chi connectivity index (χ2v) is 7.15. The number of hydrogen-bond acceptors (Lipinski definition) is 2. The quantitative estimate of drug-likeness (QED) is 0.564. The van der Waals surface area contributed by atoms with Gasteiger partial charge in [0.05, 0.1) is 15.7 Å². The third kappa shape index (κ3) is 1.94. The van der Waals surface area contributed by atoms with Crippen LogP contribution >= 0.6 is 23.2 Å². The van der Waals surface area contributed by atoms with Crippen LogP contribution in [-0.4, -0.2) is 11.8 Å². The van der Waals surface area contributed by atoms with E-state index in [0.29, 0.717) is 26.9 Å². The van der Waals surface area contributed by atoms with Crippen molar-refractivity contribution in [2.75, 3.05) is 4.90 Å². The van der Waals surface area contributed by atoms with Crippen molar-refractivity contribution in [3.8, 4) is 0 Å². The summed E-state index contributed by atoms with van der Waals surface area (Å²) in [7, 11) is 0. The first kappa shape index (κ1) is 14.9. The van der Waals surface area contributed by atoms with E-state index in [2.05, 4.69) is 0 Å². The molecule has 1 aliphatic carbocycles. The number of hydrogen-bond donors (Lipinski definition) is 0. The molecule has 0 saturated heterocycles. The Morgan fingerprint density at radius 2 is 1.32 bits per heavy atom. The summed E-state index contributed by atoms with van der Waals surface area (Å²) >= 11 is 12.0. The first-order valence-corrected chi connectivity index (χ1v) is 8.73. The summed E-state index contributed by atoms with van der Waals surface area (Å²) in [5.74, 6) is -0.655. The molecule has 1 aliphatic heterocycles. The van der Waals surface area contributed by atoms with Gasteiger partial charge < -0.3 is 0 Å². The molecule has 0 N–H and O–H groups in total. The van der Waals surface area contributed by atoms with Crippen LogP contribution in [0.4, 0.5) is 5.69 Å². The molecule has 1 heterocycles. The van der Waals surface area contributed by atoms with Gasteiger partial charge in [-0.2, -0.15) is 0 Å². The molecule has 0 saturated carbocycles. The lowest BCUT2D eigenvalue weighted by Crippen LogP contribution is -2.40. The van der Waals surface area contributed by atoms with E-state index in [9.17, 15) is 9.59 Å². The normalized spacial score (nSPS) is 15.4. The lowest BCUT2D eigenvalue weighted by Gasteiger charge is -2.28. The van der Waals surface area contributed by atoms with Gasteiger partial charge >= 0.3 is 0 Å². The average Bonchev–Trinajstić information content (AvgIpc) is 3.03. The van der Waals surface area contributed by atoms with Crippen LogP contribution in [0.15, 0.2) is 42.5 Å². The Balaban J connectivity index is 1.78. The van der Waals surface area contributed by atoms with Gasteiger partial charge in [-0.05, 0) is 59.7 Å². The Labute approximate surface area is 153 Å². The largest absolute Gasteiger partial charge is 0.268 e. The van der Waals surface area contributed by atoms with E-state index in [-0.39, 0.29) is 11.8 Å². The zero-order chi connectivity index (χ0) is 17.3. The molecule has 0 unspecified atom stereocenters. The van der Waals surface area contributed by atoms with Crippen molar-refractivity contribution in [2.24, 2.45) is 0 Å². The van der Waals surface area contributed by atoms with Crippen LogP contribution in [0.3, 0.4) is 0 Å². The number of rotatable bonds is 1. The fourth-order valence-corrected chi connectivity index (χ4v) is 4.17. The predicted molar refractivity (Wildman–Crippen MR) is 99.0 cm³/mol. The van der Waals surface area contributed by atoms with Gasteiger partial charge in [0.25, 0.3) is 11.8 Å². The van der Waals surface area contributed by atoms with Crippen molar-refractivity contribution in [2.45, 2.75) is 12.8 Å². The van der Waals surface area contributed by atoms with Crippen LogP contribution < -0.4 is 4.90 Å². The highest BCUT2D eigenvalue weighted by Gasteiger charge is 2.36. The Morgan fingerprint density at radius 3 is 1.88 bits per heavy atom. The van der Waals surface area contributed by atoms with Gasteiger partial charge in [-0.1, -0.05) is 35.3 Å². The van der Waals surface area contributed by atoms with Gasteiger partial charge in [0, 0.05) is 16.5 Å². The molecular weight excluding hydrogens is 357 g/mol. The first-order valence-electron chi connectivity index (χ1n) is 7.97. The zero-order valence-electron chi connectivity index (χ0n) is 13.0. The standard InChI is InChI=1S/C20H11Cl2NO2/c21-15-8-5-12(9-16(15)22)23-19(24)13-6-3-10-1-2-11-4-7-14(20(23)25)18(13)17(10)11/h3-9H,1-2H2. The minimum Gasteiger partial charge on any atom is -0.268 e. The fourth-order valence-electron chi connectivity index (χ4n) is 3.88. The van der Waals surface area contributed by atoms with Gasteiger partial charge in [0.15, 0.2) is 0 Å². The van der Waals surface area contributed by atoms with Crippen molar-refractivity contribution < 1.29 is 9.59 Å². The van der Waals surface area contributed by atoms with Crippen LogP contribution in [0.1, 0.15) is 31.8 Å². The minimum absolute atomic E-state index is 0.305. The van der Waals surface area contributed by atoms with E-state index in [0.717, 1.165) is 23.6 Å². The second-order valence-electron chi connectivity index (χ2n) is 6.34. The number of nitrogens with zero attached hydrogens (tertiary/aromatic N) is 1. The van der Waals surface area contributed by atoms with Crippen LogP contribution in [0.25, 0.3) is 10.8 Å². The maximum Gasteiger partial charge on any atom is 0.265 e. The number of benzene rings is 3. The molecule has 122 valence electrons. The van der Waals surface area contributed by atoms with Crippen LogP contribution in [0.5, 0.6) is 0 Å². The van der Waals surface area contributed by atoms with E-state index < -0.39 is 0 Å². The average molecular weight is 368 g/mol. The number of aryl methyl sites for hydroxylation is 2. The van der Waals surface area contributed by atoms with E-state index >= 15 is 0 Å². The highest BCUT2D eigenvalue weighted by molar-refractivity contribution is 6.42. The SMILES string of the molecule is O=C1c2ccc3c4c(ccc(c24)C(=O)N1c1ccc(Cl)c(Cl)c1)CC3. The van der Waals surface area contributed by atoms with Crippen LogP contribution in [-0.2, 0) is 12.8 Å². The van der Waals surface area contributed by atoms with E-state index in [1.807, 2.05) is 24.3 Å². The smallest absolute Gasteiger partial charge is 0.265 e. The molecule has 2 amide bonds. The van der Waals surface area contributed by atoms with E-state index in [1.54, 1.807) is 18.2 Å². The van der Waals surface area contributed by atoms with Gasteiger partial charge in [0.2, 0.25) is 0 Å². The molecule has 5 heteroatoms. The molecule has 3 aromatic rings. The van der Waals surface area contributed by atoms with E-state index in [1.165, 1.54) is 16.0 Å². The number of halogens is 2. The number of amides is 2. The molecule has 3 nitrogen and oxygen atoms in total. The van der Waals surface area contributed by atoms with Crippen molar-refractivity contribution in [3.63, 3.8) is 0 Å². The van der Waals surface area contributed by atoms with E-state index in [4.69, 9.17) is 23.2 Å². The summed E-state index contributed by atoms with van der Waals surface area (Å²) in [5, 5.41) is 2.55. The molecule has 0 fully saturated rings. The number of carbonyl (C=O) groups is 2. The second kappa shape index (κ2) is 5.07. The lowest BCUT2D eigenvalue weighted by molar-refractivity contribution is 0.0893. The molecule has 0 spiro atoms. The molecule has 0 aromatic heterocycles. The number of imide groups is 1. The van der Waals surface area contributed by atoms with Gasteiger partial charge in [-0.15, -0.1) is 0 Å². The first-order chi connectivity index (χ1) is 12.1. The highest BCUT2D eigenvalue weighted by Crippen LogP contribution is 2.40. The van der Waals surface area contributed by atoms with Crippen molar-refractivity contribution >= 4 is 51.5 Å². The molecule has 0 radical (unpaired) electrons. The fraction of sp³-hybridized carbons (Fsp3) is 0.100. The van der Waals surface area contributed by atoms with Gasteiger partial charge in [-0.25, -0.2) is 4.90 Å². The molecule has 3 aromatic carbocycles. The highest BCUT2D eigenvalue weighted by atomic mass is 35.5. The zero-order valence-corrected chi connectivity index (χ0v) is 14.5. The summed E-state index contributed by atoms with van der Waals surface area (Å²) in [6, 6.07) is 12.4. The molecular formula is C20H11Cl2NO2. The summed E-state index contributed by atoms with van der Waals surface area (Å²) < 4.78 is 0. The predicted octanol–water partition coefficient (Wildman–Crippen LogP) is 5.05. The van der Waals surface area contributed by atoms with Gasteiger partial charge in [0.1, 0.15) is 0 Å². The maximum atomic E-state index is 13.1. The summed E-state index contributed by atoms with van der Waals surface area (Å²) in [4.78, 5) is 27.3. The third-order valence-electron chi connectivity index (χ3n) is 5.03.